The zero-order valence-corrected chi connectivity index (χ0v) is 9.36. The minimum Gasteiger partial charge on any atom is -0.460 e. The average Bonchev–Trinajstić information content (AvgIpc) is 2.69. The summed E-state index contributed by atoms with van der Waals surface area (Å²) in [5.41, 5.74) is 0.934. The molecule has 1 aromatic carbocycles. The van der Waals surface area contributed by atoms with E-state index in [0.717, 1.165) is 29.7 Å². The molecule has 0 aliphatic carbocycles. The first-order chi connectivity index (χ1) is 7.79. The number of rotatable bonds is 4. The Kier molecular flexibility index (Phi) is 3.28. The Bertz CT molecular complexity index is 474. The van der Waals surface area contributed by atoms with E-state index in [1.165, 1.54) is 0 Å². The predicted molar refractivity (Wildman–Crippen MR) is 66.0 cm³/mol. The van der Waals surface area contributed by atoms with Gasteiger partial charge in [-0.2, -0.15) is 0 Å². The molecule has 0 saturated heterocycles. The number of nitrogens with one attached hydrogen (secondary N) is 1. The monoisotopic (exact) mass is 213 g/mol. The quantitative estimate of drug-likeness (QED) is 0.790. The molecule has 1 N–H and O–H groups in total. The van der Waals surface area contributed by atoms with Crippen LogP contribution in [-0.4, -0.2) is 6.04 Å². The van der Waals surface area contributed by atoms with Gasteiger partial charge in [0.15, 0.2) is 0 Å². The molecule has 0 aliphatic rings. The van der Waals surface area contributed by atoms with Crippen molar-refractivity contribution in [2.75, 3.05) is 0 Å². The molecule has 1 unspecified atom stereocenters. The van der Waals surface area contributed by atoms with Crippen molar-refractivity contribution in [3.63, 3.8) is 0 Å². The highest BCUT2D eigenvalue weighted by Gasteiger charge is 2.04. The van der Waals surface area contributed by atoms with Crippen LogP contribution in [0.2, 0.25) is 0 Å². The first-order valence-electron chi connectivity index (χ1n) is 5.44. The summed E-state index contributed by atoms with van der Waals surface area (Å²) in [6, 6.07) is 10.4. The van der Waals surface area contributed by atoms with Crippen LogP contribution in [0, 0.1) is 12.3 Å². The van der Waals surface area contributed by atoms with Crippen LogP contribution in [0.25, 0.3) is 11.0 Å². The van der Waals surface area contributed by atoms with Gasteiger partial charge < -0.3 is 9.73 Å². The minimum atomic E-state index is 0.318. The predicted octanol–water partition coefficient (Wildman–Crippen LogP) is 2.93. The maximum Gasteiger partial charge on any atom is 0.134 e. The highest BCUT2D eigenvalue weighted by atomic mass is 16.3. The smallest absolute Gasteiger partial charge is 0.134 e. The summed E-state index contributed by atoms with van der Waals surface area (Å²) in [6.45, 7) is 2.79. The van der Waals surface area contributed by atoms with Crippen molar-refractivity contribution in [1.29, 1.82) is 0 Å². The van der Waals surface area contributed by atoms with Gasteiger partial charge in [-0.05, 0) is 19.1 Å². The first-order valence-corrected chi connectivity index (χ1v) is 5.44. The van der Waals surface area contributed by atoms with Crippen LogP contribution in [0.4, 0.5) is 0 Å². The highest BCUT2D eigenvalue weighted by molar-refractivity contribution is 5.77. The fourth-order valence-electron chi connectivity index (χ4n) is 1.65. The number of hydrogen-bond donors (Lipinski definition) is 1. The Morgan fingerprint density at radius 3 is 3.00 bits per heavy atom. The molecule has 16 heavy (non-hydrogen) atoms. The van der Waals surface area contributed by atoms with Crippen molar-refractivity contribution >= 4 is 11.0 Å². The lowest BCUT2D eigenvalue weighted by Gasteiger charge is -2.08. The summed E-state index contributed by atoms with van der Waals surface area (Å²) >= 11 is 0. The SMILES string of the molecule is C#CCC(C)NCc1cc2ccccc2o1. The van der Waals surface area contributed by atoms with Crippen LogP contribution in [0.15, 0.2) is 34.7 Å². The van der Waals surface area contributed by atoms with Crippen molar-refractivity contribution in [2.45, 2.75) is 25.9 Å². The number of furan rings is 1. The second-order valence-corrected chi connectivity index (χ2v) is 3.94. The van der Waals surface area contributed by atoms with Gasteiger partial charge in [-0.3, -0.25) is 0 Å². The molecule has 0 saturated carbocycles. The third kappa shape index (κ3) is 2.44. The van der Waals surface area contributed by atoms with E-state index in [-0.39, 0.29) is 0 Å². The molecule has 0 fully saturated rings. The summed E-state index contributed by atoms with van der Waals surface area (Å²) in [5.74, 6) is 3.59. The van der Waals surface area contributed by atoms with Crippen molar-refractivity contribution < 1.29 is 4.42 Å². The Balaban J connectivity index is 2.02. The second-order valence-electron chi connectivity index (χ2n) is 3.94. The lowest BCUT2D eigenvalue weighted by molar-refractivity contribution is 0.478. The van der Waals surface area contributed by atoms with E-state index in [0.29, 0.717) is 6.04 Å². The molecule has 0 aliphatic heterocycles. The van der Waals surface area contributed by atoms with Gasteiger partial charge in [-0.25, -0.2) is 0 Å². The van der Waals surface area contributed by atoms with Gasteiger partial charge in [0.2, 0.25) is 0 Å². The van der Waals surface area contributed by atoms with Crippen LogP contribution >= 0.6 is 0 Å². The Morgan fingerprint density at radius 1 is 1.44 bits per heavy atom. The standard InChI is InChI=1S/C14H15NO/c1-3-6-11(2)15-10-13-9-12-7-4-5-8-14(12)16-13/h1,4-5,7-9,11,15H,6,10H2,2H3. The van der Waals surface area contributed by atoms with Crippen LogP contribution in [0.3, 0.4) is 0 Å². The van der Waals surface area contributed by atoms with Crippen molar-refractivity contribution in [3.05, 3.63) is 36.1 Å². The van der Waals surface area contributed by atoms with Crippen molar-refractivity contribution in [3.8, 4) is 12.3 Å². The molecule has 1 atom stereocenters. The lowest BCUT2D eigenvalue weighted by Crippen LogP contribution is -2.24. The highest BCUT2D eigenvalue weighted by Crippen LogP contribution is 2.18. The van der Waals surface area contributed by atoms with Gasteiger partial charge in [0.1, 0.15) is 11.3 Å². The third-order valence-corrected chi connectivity index (χ3v) is 2.53. The Hall–Kier alpha value is -1.72. The largest absolute Gasteiger partial charge is 0.460 e. The van der Waals surface area contributed by atoms with E-state index >= 15 is 0 Å². The maximum atomic E-state index is 5.68. The van der Waals surface area contributed by atoms with E-state index in [4.69, 9.17) is 10.8 Å². The Labute approximate surface area is 95.6 Å². The molecule has 0 bridgehead atoms. The fraction of sp³-hybridized carbons (Fsp3) is 0.286. The van der Waals surface area contributed by atoms with Gasteiger partial charge >= 0.3 is 0 Å². The molecule has 2 nitrogen and oxygen atoms in total. The lowest BCUT2D eigenvalue weighted by atomic mass is 10.2. The molecular weight excluding hydrogens is 198 g/mol. The van der Waals surface area contributed by atoms with Gasteiger partial charge in [0.05, 0.1) is 6.54 Å². The number of fused-ring (bicyclic) bond motifs is 1. The normalized spacial score (nSPS) is 12.5. The van der Waals surface area contributed by atoms with E-state index in [1.807, 2.05) is 24.3 Å². The summed E-state index contributed by atoms with van der Waals surface area (Å²) in [7, 11) is 0. The number of terminal acetylenes is 1. The van der Waals surface area contributed by atoms with Crippen LogP contribution in [0.1, 0.15) is 19.1 Å². The molecule has 0 spiro atoms. The van der Waals surface area contributed by atoms with Gasteiger partial charge in [-0.1, -0.05) is 18.2 Å². The topological polar surface area (TPSA) is 25.2 Å². The van der Waals surface area contributed by atoms with Crippen LogP contribution in [0.5, 0.6) is 0 Å². The molecule has 1 heterocycles. The maximum absolute atomic E-state index is 5.68. The summed E-state index contributed by atoms with van der Waals surface area (Å²) < 4.78 is 5.68. The van der Waals surface area contributed by atoms with Gasteiger partial charge in [0.25, 0.3) is 0 Å². The van der Waals surface area contributed by atoms with Crippen molar-refractivity contribution in [2.24, 2.45) is 0 Å². The fourth-order valence-corrected chi connectivity index (χ4v) is 1.65. The minimum absolute atomic E-state index is 0.318. The third-order valence-electron chi connectivity index (χ3n) is 2.53. The van der Waals surface area contributed by atoms with Crippen LogP contribution < -0.4 is 5.32 Å². The van der Waals surface area contributed by atoms with E-state index in [2.05, 4.69) is 24.2 Å². The van der Waals surface area contributed by atoms with E-state index in [9.17, 15) is 0 Å². The average molecular weight is 213 g/mol. The molecule has 2 heteroatoms. The van der Waals surface area contributed by atoms with Gasteiger partial charge in [0, 0.05) is 17.8 Å². The first kappa shape index (κ1) is 10.8. The molecule has 0 amide bonds. The number of benzene rings is 1. The zero-order valence-electron chi connectivity index (χ0n) is 9.36. The molecular formula is C14H15NO. The van der Waals surface area contributed by atoms with E-state index < -0.39 is 0 Å². The number of para-hydroxylation sites is 1. The van der Waals surface area contributed by atoms with Gasteiger partial charge in [-0.15, -0.1) is 12.3 Å². The molecule has 82 valence electrons. The molecule has 0 radical (unpaired) electrons. The molecule has 1 aromatic heterocycles. The number of hydrogen-bond acceptors (Lipinski definition) is 2. The van der Waals surface area contributed by atoms with Crippen LogP contribution in [-0.2, 0) is 6.54 Å². The summed E-state index contributed by atoms with van der Waals surface area (Å²) in [5, 5.41) is 4.47. The molecule has 2 aromatic rings. The Morgan fingerprint density at radius 2 is 2.25 bits per heavy atom. The second kappa shape index (κ2) is 4.87. The summed E-state index contributed by atoms with van der Waals surface area (Å²) in [6.07, 6.45) is 5.98. The summed E-state index contributed by atoms with van der Waals surface area (Å²) in [4.78, 5) is 0. The molecule has 2 rings (SSSR count). The zero-order chi connectivity index (χ0) is 11.4. The van der Waals surface area contributed by atoms with E-state index in [1.54, 1.807) is 0 Å². The van der Waals surface area contributed by atoms with Crippen molar-refractivity contribution in [1.82, 2.24) is 5.32 Å².